The summed E-state index contributed by atoms with van der Waals surface area (Å²) in [6.07, 6.45) is 5.38. The van der Waals surface area contributed by atoms with E-state index in [1.54, 1.807) is 6.92 Å². The van der Waals surface area contributed by atoms with Gasteiger partial charge >= 0.3 is 6.03 Å². The third kappa shape index (κ3) is 8.60. The van der Waals surface area contributed by atoms with Gasteiger partial charge in [0.2, 0.25) is 17.6 Å². The maximum absolute atomic E-state index is 14.4. The number of rotatable bonds is 12. The van der Waals surface area contributed by atoms with Crippen molar-refractivity contribution in [2.45, 2.75) is 143 Å². The number of nitrogens with zero attached hydrogens (tertiary/aromatic N) is 1. The summed E-state index contributed by atoms with van der Waals surface area (Å²) in [6, 6.07) is -3.61. The van der Waals surface area contributed by atoms with Crippen molar-refractivity contribution in [3.63, 3.8) is 0 Å². The van der Waals surface area contributed by atoms with Crippen LogP contribution in [0, 0.1) is 22.7 Å². The number of carbonyl (C=O) groups is 5. The Labute approximate surface area is 293 Å². The molecule has 0 radical (unpaired) electrons. The molecule has 4 rings (SSSR count). The van der Waals surface area contributed by atoms with Crippen molar-refractivity contribution in [2.75, 3.05) is 25.4 Å². The van der Waals surface area contributed by atoms with Crippen LogP contribution in [-0.4, -0.2) is 97.4 Å². The number of hydrogen-bond acceptors (Lipinski definition) is 8. The summed E-state index contributed by atoms with van der Waals surface area (Å²) in [7, 11) is -3.61. The molecule has 0 aromatic heterocycles. The number of likely N-dealkylation sites (tertiary alicyclic amines) is 1. The molecule has 2 aliphatic carbocycles. The molecule has 13 nitrogen and oxygen atoms in total. The molecule has 4 N–H and O–H groups in total. The maximum atomic E-state index is 14.4. The summed E-state index contributed by atoms with van der Waals surface area (Å²) in [6.45, 7) is 14.1. The van der Waals surface area contributed by atoms with E-state index in [2.05, 4.69) is 35.1 Å². The number of urea groups is 1. The molecular weight excluding hydrogens is 650 g/mol. The Morgan fingerprint density at radius 2 is 1.63 bits per heavy atom. The Morgan fingerprint density at radius 3 is 2.20 bits per heavy atom. The van der Waals surface area contributed by atoms with Gasteiger partial charge in [-0.15, -0.1) is 0 Å². The van der Waals surface area contributed by atoms with Crippen LogP contribution in [0.1, 0.15) is 114 Å². The zero-order chi connectivity index (χ0) is 35.7. The average molecular weight is 712 g/mol. The molecule has 0 bridgehead atoms. The number of ketones is 1. The number of sulfone groups is 1. The number of nitrogens with one attached hydrogen (secondary N) is 4. The normalized spacial score (nSPS) is 27.7. The number of carbonyl (C=O) groups excluding carboxylic acids is 5. The van der Waals surface area contributed by atoms with Gasteiger partial charge in [0, 0.05) is 19.7 Å². The first kappa shape index (κ1) is 40.7. The van der Waals surface area contributed by atoms with Crippen LogP contribution in [0.3, 0.4) is 0 Å². The van der Waals surface area contributed by atoms with Crippen molar-refractivity contribution in [1.82, 2.24) is 26.2 Å². The van der Waals surface area contributed by atoms with Gasteiger partial charge in [0.15, 0.2) is 15.3 Å². The zero-order valence-electron chi connectivity index (χ0n) is 29.8. The predicted octanol–water partition coefficient (Wildman–Crippen LogP) is 3.06. The Kier molecular flexibility index (Phi) is 13.0. The fourth-order valence-electron chi connectivity index (χ4n) is 8.13. The van der Waals surface area contributed by atoms with E-state index in [0.717, 1.165) is 25.7 Å². The monoisotopic (exact) mass is 711 g/mol. The van der Waals surface area contributed by atoms with E-state index in [4.69, 9.17) is 4.74 Å². The Hall–Kier alpha value is -2.74. The van der Waals surface area contributed by atoms with E-state index >= 15 is 0 Å². The highest BCUT2D eigenvalue weighted by Gasteiger charge is 2.70. The minimum atomic E-state index is -3.61. The highest BCUT2D eigenvalue weighted by atomic mass is 32.2. The second-order valence-corrected chi connectivity index (χ2v) is 18.0. The molecule has 0 spiro atoms. The number of piperidine rings is 1. The molecule has 4 fully saturated rings. The molecule has 2 aliphatic heterocycles. The summed E-state index contributed by atoms with van der Waals surface area (Å²) in [5.41, 5.74) is -3.25. The van der Waals surface area contributed by atoms with Crippen molar-refractivity contribution >= 4 is 39.4 Å². The number of amides is 5. The summed E-state index contributed by atoms with van der Waals surface area (Å²) >= 11 is 0. The molecule has 6 atom stereocenters. The first-order valence-corrected chi connectivity index (χ1v) is 19.5. The molecule has 0 aromatic rings. The third-order valence-corrected chi connectivity index (χ3v) is 13.0. The molecule has 0 aromatic carbocycles. The number of hydrogen-bond donors (Lipinski definition) is 4. The van der Waals surface area contributed by atoms with Gasteiger partial charge in [0.1, 0.15) is 12.1 Å². The Morgan fingerprint density at radius 1 is 0.980 bits per heavy atom. The van der Waals surface area contributed by atoms with Gasteiger partial charge in [-0.05, 0) is 55.3 Å². The molecule has 14 heteroatoms. The second kappa shape index (κ2) is 15.7. The van der Waals surface area contributed by atoms with Crippen LogP contribution >= 0.6 is 0 Å². The van der Waals surface area contributed by atoms with Gasteiger partial charge in [-0.25, -0.2) is 13.2 Å². The molecular formula is C35H61N5O8S. The van der Waals surface area contributed by atoms with Gasteiger partial charge in [0.25, 0.3) is 5.91 Å². The van der Waals surface area contributed by atoms with Crippen LogP contribution < -0.4 is 21.3 Å². The first-order valence-electron chi connectivity index (χ1n) is 17.8. The van der Waals surface area contributed by atoms with E-state index in [0.29, 0.717) is 45.3 Å². The van der Waals surface area contributed by atoms with Crippen molar-refractivity contribution in [3.8, 4) is 0 Å². The van der Waals surface area contributed by atoms with Gasteiger partial charge in [0.05, 0.1) is 17.3 Å². The lowest BCUT2D eigenvalue weighted by Crippen LogP contribution is -2.66. The van der Waals surface area contributed by atoms with Gasteiger partial charge < -0.3 is 30.9 Å². The van der Waals surface area contributed by atoms with Gasteiger partial charge in [-0.2, -0.15) is 0 Å². The van der Waals surface area contributed by atoms with E-state index in [9.17, 15) is 32.4 Å². The molecule has 2 heterocycles. The largest absolute Gasteiger partial charge is 0.360 e. The number of unbranched alkanes of at least 4 members (excludes halogenated alkanes) is 1. The van der Waals surface area contributed by atoms with E-state index < -0.39 is 73.9 Å². The lowest BCUT2D eigenvalue weighted by Gasteiger charge is -2.45. The van der Waals surface area contributed by atoms with Crippen molar-refractivity contribution in [2.24, 2.45) is 22.7 Å². The molecule has 2 saturated heterocycles. The van der Waals surface area contributed by atoms with Crippen LogP contribution in [0.4, 0.5) is 4.79 Å². The minimum Gasteiger partial charge on any atom is -0.360 e. The Bertz CT molecular complexity index is 1350. The lowest BCUT2D eigenvalue weighted by molar-refractivity contribution is -0.145. The highest BCUT2D eigenvalue weighted by Crippen LogP contribution is 2.65. The van der Waals surface area contributed by atoms with Crippen LogP contribution in [0.15, 0.2) is 0 Å². The van der Waals surface area contributed by atoms with E-state index in [1.807, 2.05) is 27.7 Å². The molecule has 49 heavy (non-hydrogen) atoms. The summed E-state index contributed by atoms with van der Waals surface area (Å²) in [5, 5.41) is 11.2. The van der Waals surface area contributed by atoms with Crippen molar-refractivity contribution < 1.29 is 37.1 Å². The summed E-state index contributed by atoms with van der Waals surface area (Å²) in [5.74, 6) is -2.49. The fraction of sp³-hybridized carbons (Fsp3) is 0.857. The maximum Gasteiger partial charge on any atom is 0.316 e. The topological polar surface area (TPSA) is 180 Å². The summed E-state index contributed by atoms with van der Waals surface area (Å²) in [4.78, 5) is 69.2. The number of fused-ring (bicyclic) bond motifs is 1. The van der Waals surface area contributed by atoms with Crippen LogP contribution in [0.25, 0.3) is 0 Å². The number of Topliss-reactive ketones (excluding diaryl/α,β-unsaturated/α-hetero) is 1. The van der Waals surface area contributed by atoms with E-state index in [1.165, 1.54) is 4.90 Å². The van der Waals surface area contributed by atoms with Crippen LogP contribution in [0.2, 0.25) is 0 Å². The quantitative estimate of drug-likeness (QED) is 0.223. The predicted molar refractivity (Wildman–Crippen MR) is 187 cm³/mol. The van der Waals surface area contributed by atoms with Crippen LogP contribution in [-0.2, 0) is 33.8 Å². The number of likely N-dealkylation sites (N-methyl/N-ethyl adjacent to an activating group) is 1. The first-order chi connectivity index (χ1) is 22.4. The number of ether oxygens (including phenoxy) is 1. The zero-order valence-corrected chi connectivity index (χ0v) is 30.6. The summed E-state index contributed by atoms with van der Waals surface area (Å²) < 4.78 is 32.1. The lowest BCUT2D eigenvalue weighted by atomic mass is 9.81. The standard InChI is InChI=1S/C34H57N5O8S.CH4/c1-8-10-15-22(25(40)28(42)35-9-2)36-27(41)24-23-21(33(23,6)7)20-39(24)29(43)26(32(3,4)5)37-31(44)38-34(16-12-11-13-17-34)30-47-18-14-19-48(30,45)46;/h21-24,26,30H,8-20H2,1-7H3,(H,35,42)(H,36,41)(H2,37,38,44);1H4/t21-,22-,23-,24-,26+,30?;/m0./s1. The SMILES string of the molecule is C.CCCC[C@H](NC(=O)[C@@H]1[C@@H]2[C@H](CN1C(=O)[C@@H](NC(=O)NC1(C3OCCCS3(=O)=O)CCCCC1)C(C)(C)C)C2(C)C)C(=O)C(=O)NCC. The van der Waals surface area contributed by atoms with Crippen LogP contribution in [0.5, 0.6) is 0 Å². The average Bonchev–Trinajstić information content (AvgIpc) is 3.32. The Balaban J connectivity index is 0.00000650. The van der Waals surface area contributed by atoms with Crippen molar-refractivity contribution in [1.29, 1.82) is 0 Å². The minimum absolute atomic E-state index is 0. The van der Waals surface area contributed by atoms with Gasteiger partial charge in [-0.1, -0.05) is 81.1 Å². The highest BCUT2D eigenvalue weighted by molar-refractivity contribution is 7.92. The fourth-order valence-corrected chi connectivity index (χ4v) is 10.1. The van der Waals surface area contributed by atoms with E-state index in [-0.39, 0.29) is 37.0 Å². The third-order valence-electron chi connectivity index (χ3n) is 10.9. The molecule has 2 saturated carbocycles. The second-order valence-electron chi connectivity index (χ2n) is 15.9. The molecule has 280 valence electrons. The molecule has 4 aliphatic rings. The molecule has 5 amide bonds. The molecule has 1 unspecified atom stereocenters. The van der Waals surface area contributed by atoms with Crippen molar-refractivity contribution in [3.05, 3.63) is 0 Å². The van der Waals surface area contributed by atoms with Gasteiger partial charge in [-0.3, -0.25) is 19.2 Å². The smallest absolute Gasteiger partial charge is 0.316 e.